The highest BCUT2D eigenvalue weighted by Crippen LogP contribution is 2.13. The van der Waals surface area contributed by atoms with Gasteiger partial charge in [-0.15, -0.1) is 0 Å². The first-order valence-corrected chi connectivity index (χ1v) is 6.57. The van der Waals surface area contributed by atoms with Gasteiger partial charge in [0.15, 0.2) is 5.78 Å². The molecular formula is C15H21NO2. The fourth-order valence-electron chi connectivity index (χ4n) is 2.38. The van der Waals surface area contributed by atoms with E-state index in [1.807, 2.05) is 36.9 Å². The molecule has 0 radical (unpaired) electrons. The summed E-state index contributed by atoms with van der Waals surface area (Å²) in [5, 5.41) is 9.59. The zero-order valence-corrected chi connectivity index (χ0v) is 11.1. The van der Waals surface area contributed by atoms with Gasteiger partial charge >= 0.3 is 0 Å². The number of likely N-dealkylation sites (tertiary alicyclic amines) is 1. The van der Waals surface area contributed by atoms with Crippen LogP contribution in [-0.4, -0.2) is 41.5 Å². The fraction of sp³-hybridized carbons (Fsp3) is 0.533. The molecule has 0 bridgehead atoms. The molecule has 18 heavy (non-hydrogen) atoms. The van der Waals surface area contributed by atoms with Crippen molar-refractivity contribution < 1.29 is 9.90 Å². The fourth-order valence-corrected chi connectivity index (χ4v) is 2.38. The molecule has 0 aliphatic carbocycles. The average Bonchev–Trinajstić information content (AvgIpc) is 2.32. The van der Waals surface area contributed by atoms with Crippen LogP contribution in [0, 0.1) is 13.8 Å². The van der Waals surface area contributed by atoms with E-state index in [4.69, 9.17) is 0 Å². The van der Waals surface area contributed by atoms with Crippen molar-refractivity contribution in [3.05, 3.63) is 34.9 Å². The third-order valence-corrected chi connectivity index (χ3v) is 3.68. The van der Waals surface area contributed by atoms with Gasteiger partial charge in [-0.3, -0.25) is 9.69 Å². The molecule has 1 unspecified atom stereocenters. The molecule has 1 aliphatic rings. The van der Waals surface area contributed by atoms with Crippen LogP contribution in [0.15, 0.2) is 18.2 Å². The Morgan fingerprint density at radius 2 is 2.17 bits per heavy atom. The summed E-state index contributed by atoms with van der Waals surface area (Å²) < 4.78 is 0. The lowest BCUT2D eigenvalue weighted by molar-refractivity contribution is 0.0634. The van der Waals surface area contributed by atoms with Crippen LogP contribution in [0.4, 0.5) is 0 Å². The average molecular weight is 247 g/mol. The molecule has 1 N–H and O–H groups in total. The smallest absolute Gasteiger partial charge is 0.176 e. The van der Waals surface area contributed by atoms with Gasteiger partial charge in [0, 0.05) is 12.1 Å². The zero-order valence-electron chi connectivity index (χ0n) is 11.1. The Morgan fingerprint density at radius 3 is 2.83 bits per heavy atom. The highest BCUT2D eigenvalue weighted by Gasteiger charge is 2.20. The minimum atomic E-state index is -0.272. The summed E-state index contributed by atoms with van der Waals surface area (Å²) in [6.45, 7) is 6.02. The number of aliphatic hydroxyl groups is 1. The number of hydrogen-bond acceptors (Lipinski definition) is 3. The van der Waals surface area contributed by atoms with Gasteiger partial charge in [0.05, 0.1) is 12.6 Å². The Balaban J connectivity index is 2.00. The Morgan fingerprint density at radius 1 is 1.39 bits per heavy atom. The van der Waals surface area contributed by atoms with E-state index in [0.29, 0.717) is 13.1 Å². The number of nitrogens with zero attached hydrogens (tertiary/aromatic N) is 1. The Bertz CT molecular complexity index is 442. The number of Topliss-reactive ketones (excluding diaryl/α,β-unsaturated/α-hetero) is 1. The van der Waals surface area contributed by atoms with E-state index in [2.05, 4.69) is 0 Å². The molecule has 1 fully saturated rings. The number of aliphatic hydroxyl groups excluding tert-OH is 1. The van der Waals surface area contributed by atoms with Gasteiger partial charge in [0.1, 0.15) is 0 Å². The second-order valence-electron chi connectivity index (χ2n) is 5.25. The monoisotopic (exact) mass is 247 g/mol. The van der Waals surface area contributed by atoms with E-state index >= 15 is 0 Å². The van der Waals surface area contributed by atoms with Gasteiger partial charge in [-0.05, 0) is 50.4 Å². The largest absolute Gasteiger partial charge is 0.392 e. The van der Waals surface area contributed by atoms with E-state index in [9.17, 15) is 9.90 Å². The second kappa shape index (κ2) is 5.63. The standard InChI is InChI=1S/C15H21NO2/c1-11-5-6-13(8-12(11)2)15(18)10-16-7-3-4-14(17)9-16/h5-6,8,14,17H,3-4,7,9-10H2,1-2H3. The number of carbonyl (C=O) groups excluding carboxylic acids is 1. The summed E-state index contributed by atoms with van der Waals surface area (Å²) in [6.07, 6.45) is 1.56. The topological polar surface area (TPSA) is 40.5 Å². The molecule has 0 spiro atoms. The van der Waals surface area contributed by atoms with E-state index in [1.165, 1.54) is 5.56 Å². The van der Waals surface area contributed by atoms with Crippen LogP contribution in [0.3, 0.4) is 0 Å². The molecule has 1 aromatic carbocycles. The molecule has 0 amide bonds. The van der Waals surface area contributed by atoms with Gasteiger partial charge in [0.25, 0.3) is 0 Å². The summed E-state index contributed by atoms with van der Waals surface area (Å²) in [7, 11) is 0. The Kier molecular flexibility index (Phi) is 4.15. The van der Waals surface area contributed by atoms with Crippen molar-refractivity contribution in [1.82, 2.24) is 4.90 Å². The maximum Gasteiger partial charge on any atom is 0.176 e. The molecule has 3 nitrogen and oxygen atoms in total. The molecule has 2 rings (SSSR count). The number of rotatable bonds is 3. The Labute approximate surface area is 108 Å². The highest BCUT2D eigenvalue weighted by atomic mass is 16.3. The van der Waals surface area contributed by atoms with Crippen molar-refractivity contribution in [2.75, 3.05) is 19.6 Å². The van der Waals surface area contributed by atoms with Crippen LogP contribution >= 0.6 is 0 Å². The first-order chi connectivity index (χ1) is 8.56. The summed E-state index contributed by atoms with van der Waals surface area (Å²) in [5.74, 6) is 0.146. The van der Waals surface area contributed by atoms with Crippen molar-refractivity contribution in [2.45, 2.75) is 32.8 Å². The number of aryl methyl sites for hydroxylation is 2. The molecule has 1 heterocycles. The summed E-state index contributed by atoms with van der Waals surface area (Å²) in [6, 6.07) is 5.84. The summed E-state index contributed by atoms with van der Waals surface area (Å²) in [4.78, 5) is 14.2. The van der Waals surface area contributed by atoms with Crippen LogP contribution in [-0.2, 0) is 0 Å². The molecule has 1 atom stereocenters. The third-order valence-electron chi connectivity index (χ3n) is 3.68. The highest BCUT2D eigenvalue weighted by molar-refractivity contribution is 5.97. The molecule has 1 aromatic rings. The van der Waals surface area contributed by atoms with E-state index in [1.54, 1.807) is 0 Å². The zero-order chi connectivity index (χ0) is 13.1. The lowest BCUT2D eigenvalue weighted by Gasteiger charge is -2.29. The molecule has 0 saturated carbocycles. The number of carbonyl (C=O) groups is 1. The maximum atomic E-state index is 12.2. The van der Waals surface area contributed by atoms with E-state index in [0.717, 1.165) is 30.5 Å². The molecule has 98 valence electrons. The van der Waals surface area contributed by atoms with Gasteiger partial charge in [-0.25, -0.2) is 0 Å². The van der Waals surface area contributed by atoms with Crippen LogP contribution < -0.4 is 0 Å². The van der Waals surface area contributed by atoms with Crippen molar-refractivity contribution >= 4 is 5.78 Å². The van der Waals surface area contributed by atoms with Gasteiger partial charge < -0.3 is 5.11 Å². The van der Waals surface area contributed by atoms with Crippen LogP contribution in [0.2, 0.25) is 0 Å². The lowest BCUT2D eigenvalue weighted by atomic mass is 10.0. The molecule has 3 heteroatoms. The third kappa shape index (κ3) is 3.18. The first-order valence-electron chi connectivity index (χ1n) is 6.57. The van der Waals surface area contributed by atoms with Crippen molar-refractivity contribution in [3.63, 3.8) is 0 Å². The molecule has 1 saturated heterocycles. The summed E-state index contributed by atoms with van der Waals surface area (Å²) >= 11 is 0. The minimum absolute atomic E-state index is 0.146. The van der Waals surface area contributed by atoms with Gasteiger partial charge in [-0.1, -0.05) is 12.1 Å². The van der Waals surface area contributed by atoms with E-state index in [-0.39, 0.29) is 11.9 Å². The van der Waals surface area contributed by atoms with Crippen molar-refractivity contribution in [2.24, 2.45) is 0 Å². The molecular weight excluding hydrogens is 226 g/mol. The van der Waals surface area contributed by atoms with Gasteiger partial charge in [-0.2, -0.15) is 0 Å². The normalized spacial score (nSPS) is 20.9. The quantitative estimate of drug-likeness (QED) is 0.830. The lowest BCUT2D eigenvalue weighted by Crippen LogP contribution is -2.41. The van der Waals surface area contributed by atoms with Crippen molar-refractivity contribution in [3.8, 4) is 0 Å². The van der Waals surface area contributed by atoms with Crippen LogP contribution in [0.25, 0.3) is 0 Å². The number of ketones is 1. The van der Waals surface area contributed by atoms with Gasteiger partial charge in [0.2, 0.25) is 0 Å². The number of benzene rings is 1. The van der Waals surface area contributed by atoms with Crippen molar-refractivity contribution in [1.29, 1.82) is 0 Å². The predicted octanol–water partition coefficient (Wildman–Crippen LogP) is 1.94. The second-order valence-corrected chi connectivity index (χ2v) is 5.25. The minimum Gasteiger partial charge on any atom is -0.392 e. The number of piperidine rings is 1. The maximum absolute atomic E-state index is 12.2. The molecule has 1 aliphatic heterocycles. The summed E-state index contributed by atoms with van der Waals surface area (Å²) in [5.41, 5.74) is 3.14. The Hall–Kier alpha value is -1.19. The number of hydrogen-bond donors (Lipinski definition) is 1. The van der Waals surface area contributed by atoms with E-state index < -0.39 is 0 Å². The van der Waals surface area contributed by atoms with Crippen LogP contribution in [0.1, 0.15) is 34.3 Å². The predicted molar refractivity (Wildman–Crippen MR) is 71.9 cm³/mol. The first kappa shape index (κ1) is 13.2. The number of β-amino-alcohol motifs (C(OH)–C–C–N with tert-alkyl or cyclic N) is 1. The molecule has 0 aromatic heterocycles. The SMILES string of the molecule is Cc1ccc(C(=O)CN2CCCC(O)C2)cc1C. The van der Waals surface area contributed by atoms with Crippen LogP contribution in [0.5, 0.6) is 0 Å².